The molecule has 8 nitrogen and oxygen atoms in total. The Hall–Kier alpha value is -4.08. The lowest BCUT2D eigenvalue weighted by Crippen LogP contribution is -2.46. The Morgan fingerprint density at radius 1 is 0.923 bits per heavy atom. The van der Waals surface area contributed by atoms with Crippen molar-refractivity contribution in [2.45, 2.75) is 12.0 Å². The molecular weight excluding hydrogens is 538 g/mol. The molecule has 0 spiro atoms. The number of sulfone groups is 1. The number of nitrogens with zero attached hydrogens (tertiary/aromatic N) is 2. The summed E-state index contributed by atoms with van der Waals surface area (Å²) in [5.41, 5.74) is 0.347. The third-order valence-corrected chi connectivity index (χ3v) is 7.62. The first-order chi connectivity index (χ1) is 18.7. The van der Waals surface area contributed by atoms with Crippen LogP contribution in [0.4, 0.5) is 10.5 Å². The van der Waals surface area contributed by atoms with E-state index in [-0.39, 0.29) is 24.7 Å². The second-order valence-electron chi connectivity index (χ2n) is 9.25. The summed E-state index contributed by atoms with van der Waals surface area (Å²) < 4.78 is 36.3. The molecule has 1 saturated heterocycles. The number of urea groups is 1. The Bertz CT molecular complexity index is 1570. The van der Waals surface area contributed by atoms with E-state index in [2.05, 4.69) is 10.3 Å². The summed E-state index contributed by atoms with van der Waals surface area (Å²) in [6, 6.07) is 26.4. The number of halogens is 1. The number of aromatic nitrogens is 1. The normalized spacial score (nSPS) is 17.1. The standard InChI is InChI=1S/C29H26ClN3O5S/c1-39(35,36)18-16-29(21-5-4-6-26(19-21)38-27-7-2-3-17-31-27)20-32-28(34)33(29)23-10-14-25(15-11-23)37-24-12-8-22(30)9-13-24/h2-15,17,19H,16,18,20H2,1H3,(H,32,34). The van der Waals surface area contributed by atoms with Crippen LogP contribution in [0, 0.1) is 0 Å². The average molecular weight is 564 g/mol. The second kappa shape index (κ2) is 11.0. The van der Waals surface area contributed by atoms with Gasteiger partial charge in [-0.15, -0.1) is 0 Å². The molecule has 0 saturated carbocycles. The van der Waals surface area contributed by atoms with Gasteiger partial charge in [0.05, 0.1) is 11.3 Å². The van der Waals surface area contributed by atoms with E-state index in [1.165, 1.54) is 6.26 Å². The molecule has 1 fully saturated rings. The van der Waals surface area contributed by atoms with Gasteiger partial charge in [-0.1, -0.05) is 29.8 Å². The minimum atomic E-state index is -3.32. The van der Waals surface area contributed by atoms with Gasteiger partial charge in [0.2, 0.25) is 5.88 Å². The highest BCUT2D eigenvalue weighted by molar-refractivity contribution is 7.90. The van der Waals surface area contributed by atoms with Crippen LogP contribution in [0.3, 0.4) is 0 Å². The van der Waals surface area contributed by atoms with E-state index in [4.69, 9.17) is 21.1 Å². The van der Waals surface area contributed by atoms with Crippen LogP contribution >= 0.6 is 11.6 Å². The number of nitrogens with one attached hydrogen (secondary N) is 1. The fourth-order valence-electron chi connectivity index (χ4n) is 4.55. The molecular formula is C29H26ClN3O5S. The van der Waals surface area contributed by atoms with Gasteiger partial charge in [-0.25, -0.2) is 18.2 Å². The van der Waals surface area contributed by atoms with Crippen molar-refractivity contribution < 1.29 is 22.7 Å². The Labute approximate surface area is 232 Å². The lowest BCUT2D eigenvalue weighted by molar-refractivity contribution is 0.250. The largest absolute Gasteiger partial charge is 0.457 e. The van der Waals surface area contributed by atoms with Crippen LogP contribution in [0.25, 0.3) is 0 Å². The number of rotatable bonds is 9. The van der Waals surface area contributed by atoms with Gasteiger partial charge < -0.3 is 14.8 Å². The maximum atomic E-state index is 13.3. The highest BCUT2D eigenvalue weighted by atomic mass is 35.5. The van der Waals surface area contributed by atoms with Crippen molar-refractivity contribution in [2.24, 2.45) is 0 Å². The molecule has 2 heterocycles. The molecule has 39 heavy (non-hydrogen) atoms. The number of benzene rings is 3. The third-order valence-electron chi connectivity index (χ3n) is 6.43. The number of hydrogen-bond donors (Lipinski definition) is 1. The first-order valence-corrected chi connectivity index (χ1v) is 14.6. The van der Waals surface area contributed by atoms with Gasteiger partial charge in [0, 0.05) is 35.8 Å². The molecule has 1 aliphatic heterocycles. The predicted octanol–water partition coefficient (Wildman–Crippen LogP) is 6.18. The van der Waals surface area contributed by atoms with Crippen molar-refractivity contribution in [2.75, 3.05) is 23.5 Å². The minimum absolute atomic E-state index is 0.110. The summed E-state index contributed by atoms with van der Waals surface area (Å²) in [4.78, 5) is 19.1. The van der Waals surface area contributed by atoms with Crippen LogP contribution in [0.15, 0.2) is 97.2 Å². The highest BCUT2D eigenvalue weighted by Gasteiger charge is 2.48. The van der Waals surface area contributed by atoms with Crippen LogP contribution < -0.4 is 19.7 Å². The Morgan fingerprint density at radius 3 is 2.31 bits per heavy atom. The Balaban J connectivity index is 1.49. The van der Waals surface area contributed by atoms with E-state index in [9.17, 15) is 13.2 Å². The maximum Gasteiger partial charge on any atom is 0.322 e. The third kappa shape index (κ3) is 6.16. The highest BCUT2D eigenvalue weighted by Crippen LogP contribution is 2.41. The van der Waals surface area contributed by atoms with E-state index >= 15 is 0 Å². The van der Waals surface area contributed by atoms with Crippen LogP contribution in [0.5, 0.6) is 23.1 Å². The van der Waals surface area contributed by atoms with Crippen LogP contribution in [0.1, 0.15) is 12.0 Å². The molecule has 4 aromatic rings. The SMILES string of the molecule is CS(=O)(=O)CCC1(c2cccc(Oc3ccccn3)c2)CNC(=O)N1c1ccc(Oc2ccc(Cl)cc2)cc1. The summed E-state index contributed by atoms with van der Waals surface area (Å²) in [6.07, 6.45) is 3.01. The Kier molecular flexibility index (Phi) is 7.45. The molecule has 10 heteroatoms. The van der Waals surface area contributed by atoms with Gasteiger partial charge in [-0.05, 0) is 78.7 Å². The molecule has 0 bridgehead atoms. The van der Waals surface area contributed by atoms with Gasteiger partial charge in [-0.3, -0.25) is 4.90 Å². The molecule has 0 radical (unpaired) electrons. The summed E-state index contributed by atoms with van der Waals surface area (Å²) in [6.45, 7) is 0.220. The number of carbonyl (C=O) groups excluding carboxylic acids is 1. The van der Waals surface area contributed by atoms with E-state index < -0.39 is 15.4 Å². The van der Waals surface area contributed by atoms with Crippen molar-refractivity contribution in [1.29, 1.82) is 0 Å². The number of pyridine rings is 1. The zero-order valence-electron chi connectivity index (χ0n) is 21.1. The van der Waals surface area contributed by atoms with Crippen LogP contribution in [-0.2, 0) is 15.4 Å². The fourth-order valence-corrected chi connectivity index (χ4v) is 5.38. The smallest absolute Gasteiger partial charge is 0.322 e. The van der Waals surface area contributed by atoms with Gasteiger partial charge in [0.1, 0.15) is 27.1 Å². The first-order valence-electron chi connectivity index (χ1n) is 12.2. The zero-order chi connectivity index (χ0) is 27.5. The van der Waals surface area contributed by atoms with Gasteiger partial charge in [-0.2, -0.15) is 0 Å². The molecule has 1 unspecified atom stereocenters. The van der Waals surface area contributed by atoms with Crippen molar-refractivity contribution in [1.82, 2.24) is 10.3 Å². The lowest BCUT2D eigenvalue weighted by atomic mass is 9.86. The van der Waals surface area contributed by atoms with E-state index in [0.29, 0.717) is 33.8 Å². The van der Waals surface area contributed by atoms with E-state index in [0.717, 1.165) is 5.56 Å². The van der Waals surface area contributed by atoms with Crippen LogP contribution in [-0.4, -0.2) is 38.0 Å². The molecule has 200 valence electrons. The molecule has 1 N–H and O–H groups in total. The minimum Gasteiger partial charge on any atom is -0.457 e. The molecule has 2 amide bonds. The summed E-state index contributed by atoms with van der Waals surface area (Å²) in [5.74, 6) is 2.04. The number of anilines is 1. The van der Waals surface area contributed by atoms with Gasteiger partial charge in [0.15, 0.2) is 0 Å². The summed E-state index contributed by atoms with van der Waals surface area (Å²) in [7, 11) is -3.32. The number of amides is 2. The first kappa shape index (κ1) is 26.5. The topological polar surface area (TPSA) is 97.8 Å². The summed E-state index contributed by atoms with van der Waals surface area (Å²) >= 11 is 5.96. The average Bonchev–Trinajstić information content (AvgIpc) is 3.27. The van der Waals surface area contributed by atoms with Crippen molar-refractivity contribution in [3.63, 3.8) is 0 Å². The van der Waals surface area contributed by atoms with Gasteiger partial charge >= 0.3 is 6.03 Å². The fraction of sp³-hybridized carbons (Fsp3) is 0.172. The maximum absolute atomic E-state index is 13.3. The second-order valence-corrected chi connectivity index (χ2v) is 11.9. The molecule has 3 aromatic carbocycles. The number of ether oxygens (including phenoxy) is 2. The van der Waals surface area contributed by atoms with Crippen molar-refractivity contribution in [3.05, 3.63) is 108 Å². The molecule has 5 rings (SSSR count). The number of carbonyl (C=O) groups is 1. The molecule has 1 aliphatic rings. The van der Waals surface area contributed by atoms with Crippen LogP contribution in [0.2, 0.25) is 5.02 Å². The molecule has 1 atom stereocenters. The van der Waals surface area contributed by atoms with Crippen molar-refractivity contribution in [3.8, 4) is 23.1 Å². The van der Waals surface area contributed by atoms with Gasteiger partial charge in [0.25, 0.3) is 0 Å². The zero-order valence-corrected chi connectivity index (χ0v) is 22.7. The monoisotopic (exact) mass is 563 g/mol. The lowest BCUT2D eigenvalue weighted by Gasteiger charge is -2.38. The molecule has 0 aliphatic carbocycles. The van der Waals surface area contributed by atoms with E-state index in [1.807, 2.05) is 24.3 Å². The number of hydrogen-bond acceptors (Lipinski definition) is 6. The quantitative estimate of drug-likeness (QED) is 0.261. The summed E-state index contributed by atoms with van der Waals surface area (Å²) in [5, 5.41) is 3.53. The molecule has 1 aromatic heterocycles. The predicted molar refractivity (Wildman–Crippen MR) is 151 cm³/mol. The van der Waals surface area contributed by atoms with E-state index in [1.54, 1.807) is 77.8 Å². The van der Waals surface area contributed by atoms with Crippen molar-refractivity contribution >= 4 is 33.2 Å². The Morgan fingerprint density at radius 2 is 1.64 bits per heavy atom.